The second-order valence-electron chi connectivity index (χ2n) is 7.93. The van der Waals surface area contributed by atoms with E-state index in [0.717, 1.165) is 36.0 Å². The van der Waals surface area contributed by atoms with Crippen LogP contribution in [0.2, 0.25) is 0 Å². The Hall–Kier alpha value is -2.60. The summed E-state index contributed by atoms with van der Waals surface area (Å²) in [6.07, 6.45) is 6.53. The fraction of sp³-hybridized carbons (Fsp3) is 0.375. The van der Waals surface area contributed by atoms with Crippen LogP contribution in [0, 0.1) is 20.8 Å². The molecule has 0 unspecified atom stereocenters. The lowest BCUT2D eigenvalue weighted by Gasteiger charge is -2.26. The van der Waals surface area contributed by atoms with Crippen LogP contribution < -0.4 is 9.62 Å². The van der Waals surface area contributed by atoms with Crippen molar-refractivity contribution in [3.8, 4) is 0 Å². The molecule has 160 valence electrons. The lowest BCUT2D eigenvalue weighted by atomic mass is 10.00. The number of carbonyl (C=O) groups is 1. The molecule has 0 heterocycles. The number of carbonyl (C=O) groups excluding carboxylic acids is 1. The highest BCUT2D eigenvalue weighted by Crippen LogP contribution is 2.28. The number of allylic oxidation sites excluding steroid dienone is 1. The topological polar surface area (TPSA) is 66.5 Å². The molecule has 6 heteroatoms. The molecule has 5 nitrogen and oxygen atoms in total. The largest absolute Gasteiger partial charge is 0.351 e. The number of sulfonamides is 1. The van der Waals surface area contributed by atoms with Crippen LogP contribution in [0.4, 0.5) is 5.69 Å². The molecule has 1 aliphatic rings. The molecular formula is C24H30N2O3S. The molecular weight excluding hydrogens is 396 g/mol. The molecule has 0 aliphatic heterocycles. The van der Waals surface area contributed by atoms with Crippen molar-refractivity contribution in [3.05, 3.63) is 70.8 Å². The van der Waals surface area contributed by atoms with Crippen LogP contribution in [0.5, 0.6) is 0 Å². The molecule has 3 rings (SSSR count). The fourth-order valence-corrected chi connectivity index (χ4v) is 5.09. The number of aryl methyl sites for hydroxylation is 2. The number of hydrogen-bond acceptors (Lipinski definition) is 3. The number of amides is 1. The molecule has 1 amide bonds. The van der Waals surface area contributed by atoms with Crippen LogP contribution in [-0.4, -0.2) is 27.4 Å². The Balaban J connectivity index is 1.89. The van der Waals surface area contributed by atoms with Gasteiger partial charge in [-0.3, -0.25) is 9.10 Å². The van der Waals surface area contributed by atoms with Gasteiger partial charge in [-0.2, -0.15) is 0 Å². The molecule has 0 spiro atoms. The summed E-state index contributed by atoms with van der Waals surface area (Å²) in [5.41, 5.74) is 4.54. The van der Waals surface area contributed by atoms with Gasteiger partial charge in [-0.05, 0) is 75.8 Å². The van der Waals surface area contributed by atoms with Crippen molar-refractivity contribution in [2.45, 2.75) is 51.3 Å². The van der Waals surface area contributed by atoms with E-state index < -0.39 is 10.0 Å². The standard InChI is InChI=1S/C24H30N2O3S/c1-18-12-14-22(15-13-18)30(28,29)26(23-11-7-8-19(2)20(23)3)17-24(27)25-16-21-9-5-4-6-10-21/h7-9,11-15H,4-6,10,16-17H2,1-3H3,(H,25,27). The Morgan fingerprint density at radius 1 is 1.03 bits per heavy atom. The van der Waals surface area contributed by atoms with Gasteiger partial charge in [0.2, 0.25) is 5.91 Å². The van der Waals surface area contributed by atoms with E-state index in [2.05, 4.69) is 11.4 Å². The van der Waals surface area contributed by atoms with Gasteiger partial charge in [0.1, 0.15) is 6.54 Å². The second kappa shape index (κ2) is 9.47. The average molecular weight is 427 g/mol. The first-order chi connectivity index (χ1) is 14.3. The summed E-state index contributed by atoms with van der Waals surface area (Å²) in [6, 6.07) is 12.2. The Morgan fingerprint density at radius 3 is 2.43 bits per heavy atom. The molecule has 2 aromatic rings. The van der Waals surface area contributed by atoms with E-state index in [1.807, 2.05) is 32.9 Å². The minimum atomic E-state index is -3.89. The maximum atomic E-state index is 13.5. The van der Waals surface area contributed by atoms with E-state index in [4.69, 9.17) is 0 Å². The normalized spacial score (nSPS) is 14.2. The third-order valence-corrected chi connectivity index (χ3v) is 7.41. The molecule has 0 bridgehead atoms. The predicted molar refractivity (Wildman–Crippen MR) is 121 cm³/mol. The van der Waals surface area contributed by atoms with Gasteiger partial charge in [0, 0.05) is 6.54 Å². The van der Waals surface area contributed by atoms with Gasteiger partial charge < -0.3 is 5.32 Å². The Morgan fingerprint density at radius 2 is 1.77 bits per heavy atom. The highest BCUT2D eigenvalue weighted by atomic mass is 32.2. The summed E-state index contributed by atoms with van der Waals surface area (Å²) >= 11 is 0. The maximum absolute atomic E-state index is 13.5. The van der Waals surface area contributed by atoms with Gasteiger partial charge >= 0.3 is 0 Å². The monoisotopic (exact) mass is 426 g/mol. The average Bonchev–Trinajstić information content (AvgIpc) is 2.74. The Kier molecular flexibility index (Phi) is 6.98. The number of hydrogen-bond donors (Lipinski definition) is 1. The molecule has 0 saturated carbocycles. The first-order valence-corrected chi connectivity index (χ1v) is 11.8. The van der Waals surface area contributed by atoms with Gasteiger partial charge in [-0.1, -0.05) is 41.5 Å². The van der Waals surface area contributed by atoms with Gasteiger partial charge in [0.25, 0.3) is 10.0 Å². The van der Waals surface area contributed by atoms with E-state index in [1.165, 1.54) is 16.3 Å². The van der Waals surface area contributed by atoms with Gasteiger partial charge in [0.15, 0.2) is 0 Å². The predicted octanol–water partition coefficient (Wildman–Crippen LogP) is 4.42. The minimum absolute atomic E-state index is 0.178. The first kappa shape index (κ1) is 22.1. The molecule has 1 aliphatic carbocycles. The van der Waals surface area contributed by atoms with Crippen LogP contribution in [-0.2, 0) is 14.8 Å². The third kappa shape index (κ3) is 5.11. The molecule has 0 radical (unpaired) electrons. The maximum Gasteiger partial charge on any atom is 0.264 e. The molecule has 0 atom stereocenters. The number of nitrogens with one attached hydrogen (secondary N) is 1. The molecule has 0 aromatic heterocycles. The van der Waals surface area contributed by atoms with Gasteiger partial charge in [-0.15, -0.1) is 0 Å². The Labute approximate surface area is 179 Å². The summed E-state index contributed by atoms with van der Waals surface area (Å²) < 4.78 is 28.2. The summed E-state index contributed by atoms with van der Waals surface area (Å²) in [7, 11) is -3.89. The lowest BCUT2D eigenvalue weighted by molar-refractivity contribution is -0.119. The van der Waals surface area contributed by atoms with E-state index in [9.17, 15) is 13.2 Å². The van der Waals surface area contributed by atoms with Crippen LogP contribution in [0.15, 0.2) is 59.0 Å². The lowest BCUT2D eigenvalue weighted by Crippen LogP contribution is -2.41. The second-order valence-corrected chi connectivity index (χ2v) is 9.79. The smallest absolute Gasteiger partial charge is 0.264 e. The summed E-state index contributed by atoms with van der Waals surface area (Å²) in [4.78, 5) is 12.9. The van der Waals surface area contributed by atoms with Crippen molar-refractivity contribution >= 4 is 21.6 Å². The zero-order valence-electron chi connectivity index (χ0n) is 17.9. The quantitative estimate of drug-likeness (QED) is 0.667. The first-order valence-electron chi connectivity index (χ1n) is 10.4. The molecule has 1 N–H and O–H groups in total. The van der Waals surface area contributed by atoms with E-state index in [0.29, 0.717) is 12.2 Å². The van der Waals surface area contributed by atoms with E-state index >= 15 is 0 Å². The van der Waals surface area contributed by atoms with Crippen LogP contribution in [0.1, 0.15) is 42.4 Å². The summed E-state index contributed by atoms with van der Waals surface area (Å²) in [5.74, 6) is -0.307. The molecule has 0 saturated heterocycles. The molecule has 30 heavy (non-hydrogen) atoms. The number of rotatable bonds is 7. The molecule has 2 aromatic carbocycles. The van der Waals surface area contributed by atoms with Crippen molar-refractivity contribution in [2.75, 3.05) is 17.4 Å². The number of benzene rings is 2. The third-order valence-electron chi connectivity index (χ3n) is 5.64. The summed E-state index contributed by atoms with van der Waals surface area (Å²) in [5, 5.41) is 2.91. The SMILES string of the molecule is Cc1ccc(S(=O)(=O)N(CC(=O)NCC2=CCCCC2)c2cccc(C)c2C)cc1. The number of anilines is 1. The van der Waals surface area contributed by atoms with Crippen molar-refractivity contribution in [2.24, 2.45) is 0 Å². The zero-order chi connectivity index (χ0) is 21.7. The van der Waals surface area contributed by atoms with Gasteiger partial charge in [-0.25, -0.2) is 8.42 Å². The highest BCUT2D eigenvalue weighted by Gasteiger charge is 2.28. The van der Waals surface area contributed by atoms with Crippen LogP contribution in [0.3, 0.4) is 0 Å². The summed E-state index contributed by atoms with van der Waals surface area (Å²) in [6.45, 7) is 5.95. The Bertz CT molecular complexity index is 1040. The fourth-order valence-electron chi connectivity index (χ4n) is 3.61. The number of nitrogens with zero attached hydrogens (tertiary/aromatic N) is 1. The van der Waals surface area contributed by atoms with Crippen molar-refractivity contribution < 1.29 is 13.2 Å². The van der Waals surface area contributed by atoms with Crippen molar-refractivity contribution in [1.29, 1.82) is 0 Å². The zero-order valence-corrected chi connectivity index (χ0v) is 18.8. The highest BCUT2D eigenvalue weighted by molar-refractivity contribution is 7.92. The van der Waals surface area contributed by atoms with E-state index in [-0.39, 0.29) is 17.3 Å². The molecule has 0 fully saturated rings. The van der Waals surface area contributed by atoms with E-state index in [1.54, 1.807) is 30.3 Å². The van der Waals surface area contributed by atoms with Gasteiger partial charge in [0.05, 0.1) is 10.6 Å². The van der Waals surface area contributed by atoms with Crippen LogP contribution >= 0.6 is 0 Å². The van der Waals surface area contributed by atoms with Crippen molar-refractivity contribution in [3.63, 3.8) is 0 Å². The van der Waals surface area contributed by atoms with Crippen molar-refractivity contribution in [1.82, 2.24) is 5.32 Å². The van der Waals surface area contributed by atoms with Crippen LogP contribution in [0.25, 0.3) is 0 Å². The minimum Gasteiger partial charge on any atom is -0.351 e.